The molecule has 0 aliphatic carbocycles. The van der Waals surface area contributed by atoms with Crippen molar-refractivity contribution < 1.29 is 19.3 Å². The molecule has 0 amide bonds. The Labute approximate surface area is 250 Å². The van der Waals surface area contributed by atoms with E-state index in [9.17, 15) is 10.4 Å². The largest absolute Gasteiger partial charge is 0.497 e. The van der Waals surface area contributed by atoms with Crippen LogP contribution in [0.5, 0.6) is 16.6 Å². The molecular formula is C32H35N5O4S. The molecule has 1 aliphatic heterocycles. The summed E-state index contributed by atoms with van der Waals surface area (Å²) in [5, 5.41) is 23.5. The van der Waals surface area contributed by atoms with Crippen LogP contribution in [0.3, 0.4) is 0 Å². The van der Waals surface area contributed by atoms with E-state index in [-0.39, 0.29) is 12.6 Å². The second-order valence-corrected chi connectivity index (χ2v) is 10.9. The molecule has 1 atom stereocenters. The molecule has 3 heterocycles. The number of aromatic nitrogens is 2. The van der Waals surface area contributed by atoms with Crippen LogP contribution in [0.4, 0.5) is 11.6 Å². The third-order valence-corrected chi connectivity index (χ3v) is 8.29. The Morgan fingerprint density at radius 3 is 2.81 bits per heavy atom. The number of benzene rings is 2. The lowest BCUT2D eigenvalue weighted by molar-refractivity contribution is 0.150. The summed E-state index contributed by atoms with van der Waals surface area (Å²) < 4.78 is 17.3. The number of hydrogen-bond acceptors (Lipinski definition) is 10. The highest BCUT2D eigenvalue weighted by Gasteiger charge is 2.24. The maximum atomic E-state index is 10.1. The number of ether oxygens (including phenoxy) is 3. The number of nitriles is 1. The molecule has 5 rings (SSSR count). The fourth-order valence-corrected chi connectivity index (χ4v) is 6.32. The average Bonchev–Trinajstić information content (AvgIpc) is 3.64. The number of methoxy groups -OCH3 is 1. The third kappa shape index (κ3) is 6.82. The minimum atomic E-state index is 0.222. The minimum Gasteiger partial charge on any atom is -0.497 e. The quantitative estimate of drug-likeness (QED) is 0.179. The number of rotatable bonds is 13. The van der Waals surface area contributed by atoms with E-state index in [1.807, 2.05) is 61.5 Å². The second kappa shape index (κ2) is 14.1. The molecule has 218 valence electrons. The van der Waals surface area contributed by atoms with Crippen LogP contribution in [0.25, 0.3) is 21.7 Å². The van der Waals surface area contributed by atoms with Crippen molar-refractivity contribution in [2.24, 2.45) is 0 Å². The first-order valence-electron chi connectivity index (χ1n) is 14.2. The van der Waals surface area contributed by atoms with Crippen LogP contribution in [0.15, 0.2) is 60.8 Å². The zero-order chi connectivity index (χ0) is 29.3. The van der Waals surface area contributed by atoms with Gasteiger partial charge in [-0.25, -0.2) is 9.97 Å². The molecule has 42 heavy (non-hydrogen) atoms. The average molecular weight is 586 g/mol. The van der Waals surface area contributed by atoms with Gasteiger partial charge in [-0.05, 0) is 68.6 Å². The summed E-state index contributed by atoms with van der Waals surface area (Å²) in [5.74, 6) is 1.88. The van der Waals surface area contributed by atoms with E-state index in [1.165, 1.54) is 11.3 Å². The van der Waals surface area contributed by atoms with Crippen molar-refractivity contribution >= 4 is 23.0 Å². The third-order valence-electron chi connectivity index (χ3n) is 7.17. The molecule has 0 radical (unpaired) electrons. The minimum absolute atomic E-state index is 0.222. The van der Waals surface area contributed by atoms with Crippen molar-refractivity contribution in [1.82, 2.24) is 14.9 Å². The summed E-state index contributed by atoms with van der Waals surface area (Å²) in [6.45, 7) is 5.13. The van der Waals surface area contributed by atoms with Gasteiger partial charge < -0.3 is 24.6 Å². The standard InChI is InChI=1S/C32H35N5O4S/c1-3-40-31-27(20-33)29(22-8-4-11-25(18-22)39-2)30(42-31)28-13-14-34-32(36-28)35-23-9-5-12-26(19-23)41-17-7-16-37-15-6-10-24(37)21-38/h4-5,8-9,11-14,18-19,24,38H,3,6-7,10,15-17,21H2,1-2H3,(H,34,35,36)/t24-/m0/s1. The molecule has 4 aromatic rings. The lowest BCUT2D eigenvalue weighted by Crippen LogP contribution is -2.33. The van der Waals surface area contributed by atoms with Crippen molar-refractivity contribution in [2.45, 2.75) is 32.2 Å². The molecule has 2 aromatic heterocycles. The Balaban J connectivity index is 1.33. The first-order chi connectivity index (χ1) is 20.6. The number of nitrogens with zero attached hydrogens (tertiary/aromatic N) is 4. The van der Waals surface area contributed by atoms with Gasteiger partial charge in [-0.1, -0.05) is 29.5 Å². The van der Waals surface area contributed by atoms with Gasteiger partial charge >= 0.3 is 0 Å². The zero-order valence-electron chi connectivity index (χ0n) is 23.9. The fourth-order valence-electron chi connectivity index (χ4n) is 5.17. The van der Waals surface area contributed by atoms with E-state index < -0.39 is 0 Å². The molecule has 1 fully saturated rings. The predicted molar refractivity (Wildman–Crippen MR) is 165 cm³/mol. The van der Waals surface area contributed by atoms with Gasteiger partial charge in [0.15, 0.2) is 5.06 Å². The van der Waals surface area contributed by atoms with E-state index in [1.54, 1.807) is 13.3 Å². The summed E-state index contributed by atoms with van der Waals surface area (Å²) >= 11 is 1.39. The van der Waals surface area contributed by atoms with Crippen molar-refractivity contribution in [3.8, 4) is 44.3 Å². The van der Waals surface area contributed by atoms with Crippen molar-refractivity contribution in [2.75, 3.05) is 45.3 Å². The highest BCUT2D eigenvalue weighted by Crippen LogP contribution is 2.47. The van der Waals surface area contributed by atoms with Gasteiger partial charge in [0.2, 0.25) is 5.95 Å². The van der Waals surface area contributed by atoms with Crippen LogP contribution in [0, 0.1) is 11.3 Å². The van der Waals surface area contributed by atoms with Crippen LogP contribution in [0.1, 0.15) is 31.7 Å². The van der Waals surface area contributed by atoms with Crippen molar-refractivity contribution in [3.63, 3.8) is 0 Å². The molecule has 2 N–H and O–H groups in total. The fraction of sp³-hybridized carbons (Fsp3) is 0.344. The lowest BCUT2D eigenvalue weighted by Gasteiger charge is -2.22. The summed E-state index contributed by atoms with van der Waals surface area (Å²) in [4.78, 5) is 12.4. The highest BCUT2D eigenvalue weighted by atomic mass is 32.1. The number of thiophene rings is 1. The molecule has 0 spiro atoms. The van der Waals surface area contributed by atoms with Crippen LogP contribution in [-0.4, -0.2) is 66.0 Å². The number of nitrogens with one attached hydrogen (secondary N) is 1. The molecule has 0 unspecified atom stereocenters. The first kappa shape index (κ1) is 29.3. The Hall–Kier alpha value is -4.17. The van der Waals surface area contributed by atoms with Gasteiger partial charge in [0.05, 0.1) is 37.5 Å². The van der Waals surface area contributed by atoms with Crippen LogP contribution >= 0.6 is 11.3 Å². The number of hydrogen-bond donors (Lipinski definition) is 2. The Bertz CT molecular complexity index is 1540. The summed E-state index contributed by atoms with van der Waals surface area (Å²) in [6.07, 6.45) is 4.80. The van der Waals surface area contributed by atoms with E-state index >= 15 is 0 Å². The van der Waals surface area contributed by atoms with Gasteiger partial charge in [-0.3, -0.25) is 4.90 Å². The van der Waals surface area contributed by atoms with Crippen LogP contribution in [0.2, 0.25) is 0 Å². The van der Waals surface area contributed by atoms with Crippen molar-refractivity contribution in [3.05, 3.63) is 66.4 Å². The van der Waals surface area contributed by atoms with Crippen LogP contribution < -0.4 is 19.5 Å². The summed E-state index contributed by atoms with van der Waals surface area (Å²) in [6, 6.07) is 19.8. The lowest BCUT2D eigenvalue weighted by atomic mass is 10.0. The maximum absolute atomic E-state index is 10.1. The van der Waals surface area contributed by atoms with E-state index in [2.05, 4.69) is 21.3 Å². The molecule has 0 saturated carbocycles. The van der Waals surface area contributed by atoms with E-state index in [0.717, 1.165) is 59.8 Å². The molecule has 1 aliphatic rings. The predicted octanol–water partition coefficient (Wildman–Crippen LogP) is 6.12. The highest BCUT2D eigenvalue weighted by molar-refractivity contribution is 7.18. The summed E-state index contributed by atoms with van der Waals surface area (Å²) in [5.41, 5.74) is 3.55. The smallest absolute Gasteiger partial charge is 0.227 e. The SMILES string of the molecule is CCOc1sc(-c2ccnc(Nc3cccc(OCCCN4CCC[C@H]4CO)c3)n2)c(-c2cccc(OC)c2)c1C#N. The number of likely N-dealkylation sites (tertiary alicyclic amines) is 1. The number of aliphatic hydroxyl groups is 1. The summed E-state index contributed by atoms with van der Waals surface area (Å²) in [7, 11) is 1.62. The maximum Gasteiger partial charge on any atom is 0.227 e. The molecule has 9 nitrogen and oxygen atoms in total. The van der Waals surface area contributed by atoms with E-state index in [4.69, 9.17) is 19.2 Å². The van der Waals surface area contributed by atoms with Gasteiger partial charge in [-0.15, -0.1) is 0 Å². The Kier molecular flexibility index (Phi) is 9.87. The van der Waals surface area contributed by atoms with Gasteiger partial charge in [-0.2, -0.15) is 5.26 Å². The van der Waals surface area contributed by atoms with Gasteiger partial charge in [0.25, 0.3) is 0 Å². The van der Waals surface area contributed by atoms with E-state index in [0.29, 0.717) is 41.2 Å². The Morgan fingerprint density at radius 1 is 1.14 bits per heavy atom. The molecule has 2 aromatic carbocycles. The normalized spacial score (nSPS) is 14.9. The molecule has 0 bridgehead atoms. The molecule has 1 saturated heterocycles. The Morgan fingerprint density at radius 2 is 2.00 bits per heavy atom. The first-order valence-corrected chi connectivity index (χ1v) is 15.0. The van der Waals surface area contributed by atoms with Gasteiger partial charge in [0.1, 0.15) is 23.1 Å². The van der Waals surface area contributed by atoms with Gasteiger partial charge in [0, 0.05) is 36.1 Å². The number of aliphatic hydroxyl groups excluding tert-OH is 1. The monoisotopic (exact) mass is 585 g/mol. The molecular weight excluding hydrogens is 550 g/mol. The van der Waals surface area contributed by atoms with Crippen molar-refractivity contribution in [1.29, 1.82) is 5.26 Å². The molecule has 10 heteroatoms. The zero-order valence-corrected chi connectivity index (χ0v) is 24.7. The van der Waals surface area contributed by atoms with Crippen LogP contribution in [-0.2, 0) is 0 Å². The second-order valence-electron chi connectivity index (χ2n) is 9.88. The topological polar surface area (TPSA) is 113 Å². The number of anilines is 2.